The molecule has 0 aliphatic rings. The van der Waals surface area contributed by atoms with E-state index in [9.17, 15) is 4.79 Å². The van der Waals surface area contributed by atoms with Crippen molar-refractivity contribution in [3.63, 3.8) is 0 Å². The van der Waals surface area contributed by atoms with Crippen molar-refractivity contribution in [2.24, 2.45) is 0 Å². The van der Waals surface area contributed by atoms with Crippen molar-refractivity contribution in [3.8, 4) is 5.75 Å². The SMILES string of the molecule is Cc1c(Cl)cccc1NC(=O)c1cccc(OCc2cscn2)c1. The first-order valence-electron chi connectivity index (χ1n) is 7.30. The molecule has 1 aromatic heterocycles. The number of hydrogen-bond donors (Lipinski definition) is 1. The van der Waals surface area contributed by atoms with Crippen LogP contribution in [0.15, 0.2) is 53.4 Å². The molecule has 1 heterocycles. The summed E-state index contributed by atoms with van der Waals surface area (Å²) in [5, 5.41) is 5.42. The van der Waals surface area contributed by atoms with Crippen LogP contribution in [0.2, 0.25) is 5.02 Å². The third-order valence-corrected chi connectivity index (χ3v) is 4.53. The largest absolute Gasteiger partial charge is 0.487 e. The van der Waals surface area contributed by atoms with Crippen LogP contribution in [0.5, 0.6) is 5.75 Å². The second-order valence-corrected chi connectivity index (χ2v) is 6.29. The Bertz CT molecular complexity index is 850. The van der Waals surface area contributed by atoms with Crippen LogP contribution in [-0.4, -0.2) is 10.9 Å². The molecule has 0 aliphatic heterocycles. The fraction of sp³-hybridized carbons (Fsp3) is 0.111. The molecule has 0 spiro atoms. The number of anilines is 1. The van der Waals surface area contributed by atoms with Gasteiger partial charge in [-0.2, -0.15) is 0 Å². The Labute approximate surface area is 149 Å². The molecule has 24 heavy (non-hydrogen) atoms. The zero-order valence-corrected chi connectivity index (χ0v) is 14.5. The van der Waals surface area contributed by atoms with Crippen molar-refractivity contribution in [2.75, 3.05) is 5.32 Å². The van der Waals surface area contributed by atoms with Gasteiger partial charge in [0.1, 0.15) is 12.4 Å². The Kier molecular flexibility index (Phi) is 5.13. The average Bonchev–Trinajstić information content (AvgIpc) is 3.11. The molecule has 0 radical (unpaired) electrons. The van der Waals surface area contributed by atoms with E-state index in [-0.39, 0.29) is 5.91 Å². The van der Waals surface area contributed by atoms with Gasteiger partial charge in [-0.3, -0.25) is 4.79 Å². The Morgan fingerprint density at radius 2 is 2.12 bits per heavy atom. The predicted octanol–water partition coefficient (Wildman–Crippen LogP) is 4.94. The number of thiazole rings is 1. The average molecular weight is 359 g/mol. The smallest absolute Gasteiger partial charge is 0.255 e. The van der Waals surface area contributed by atoms with Crippen molar-refractivity contribution >= 4 is 34.5 Å². The first-order chi connectivity index (χ1) is 11.6. The molecule has 3 aromatic rings. The number of benzene rings is 2. The molecule has 0 bridgehead atoms. The van der Waals surface area contributed by atoms with E-state index in [4.69, 9.17) is 16.3 Å². The fourth-order valence-corrected chi connectivity index (χ4v) is 2.85. The van der Waals surface area contributed by atoms with Gasteiger partial charge >= 0.3 is 0 Å². The third kappa shape index (κ3) is 3.93. The van der Waals surface area contributed by atoms with Crippen LogP contribution in [0.1, 0.15) is 21.6 Å². The van der Waals surface area contributed by atoms with Crippen molar-refractivity contribution in [2.45, 2.75) is 13.5 Å². The molecule has 1 N–H and O–H groups in total. The lowest BCUT2D eigenvalue weighted by atomic mass is 10.1. The van der Waals surface area contributed by atoms with Crippen molar-refractivity contribution < 1.29 is 9.53 Å². The van der Waals surface area contributed by atoms with Crippen molar-refractivity contribution in [3.05, 3.63) is 75.2 Å². The first-order valence-corrected chi connectivity index (χ1v) is 8.62. The van der Waals surface area contributed by atoms with Crippen LogP contribution in [-0.2, 0) is 6.61 Å². The summed E-state index contributed by atoms with van der Waals surface area (Å²) in [5.74, 6) is 0.415. The highest BCUT2D eigenvalue weighted by Gasteiger charge is 2.10. The van der Waals surface area contributed by atoms with Gasteiger partial charge < -0.3 is 10.1 Å². The summed E-state index contributed by atoms with van der Waals surface area (Å²) < 4.78 is 5.68. The number of rotatable bonds is 5. The van der Waals surface area contributed by atoms with Gasteiger partial charge in [-0.25, -0.2) is 4.98 Å². The summed E-state index contributed by atoms with van der Waals surface area (Å²) in [7, 11) is 0. The van der Waals surface area contributed by atoms with Crippen LogP contribution in [0.4, 0.5) is 5.69 Å². The number of carbonyl (C=O) groups is 1. The van der Waals surface area contributed by atoms with E-state index < -0.39 is 0 Å². The number of amides is 1. The van der Waals surface area contributed by atoms with Crippen molar-refractivity contribution in [1.82, 2.24) is 4.98 Å². The molecule has 0 saturated carbocycles. The second kappa shape index (κ2) is 7.47. The van der Waals surface area contributed by atoms with Crippen LogP contribution in [0.3, 0.4) is 0 Å². The van der Waals surface area contributed by atoms with Gasteiger partial charge in [-0.1, -0.05) is 23.7 Å². The second-order valence-electron chi connectivity index (χ2n) is 5.16. The van der Waals surface area contributed by atoms with Crippen LogP contribution in [0, 0.1) is 6.92 Å². The van der Waals surface area contributed by atoms with Crippen molar-refractivity contribution in [1.29, 1.82) is 0 Å². The molecular weight excluding hydrogens is 344 g/mol. The van der Waals surface area contributed by atoms with E-state index >= 15 is 0 Å². The molecular formula is C18H15ClN2O2S. The van der Waals surface area contributed by atoms with Crippen LogP contribution >= 0.6 is 22.9 Å². The van der Waals surface area contributed by atoms with Gasteiger partial charge in [0.2, 0.25) is 0 Å². The molecule has 122 valence electrons. The molecule has 0 saturated heterocycles. The molecule has 6 heteroatoms. The summed E-state index contributed by atoms with van der Waals surface area (Å²) in [6.45, 7) is 2.24. The molecule has 0 aliphatic carbocycles. The highest BCUT2D eigenvalue weighted by atomic mass is 35.5. The minimum Gasteiger partial charge on any atom is -0.487 e. The van der Waals surface area contributed by atoms with E-state index in [1.54, 1.807) is 35.8 Å². The summed E-state index contributed by atoms with van der Waals surface area (Å²) in [4.78, 5) is 16.6. The third-order valence-electron chi connectivity index (χ3n) is 3.48. The topological polar surface area (TPSA) is 51.2 Å². The molecule has 0 atom stereocenters. The zero-order valence-electron chi connectivity index (χ0n) is 13.0. The molecule has 1 amide bonds. The van der Waals surface area contributed by atoms with Gasteiger partial charge in [0.05, 0.1) is 11.2 Å². The molecule has 0 fully saturated rings. The quantitative estimate of drug-likeness (QED) is 0.703. The lowest BCUT2D eigenvalue weighted by molar-refractivity contribution is 0.102. The minimum atomic E-state index is -0.209. The highest BCUT2D eigenvalue weighted by molar-refractivity contribution is 7.07. The number of nitrogens with one attached hydrogen (secondary N) is 1. The summed E-state index contributed by atoms with van der Waals surface area (Å²) in [6, 6.07) is 12.5. The minimum absolute atomic E-state index is 0.209. The van der Waals surface area contributed by atoms with Gasteiger partial charge in [0.15, 0.2) is 0 Å². The normalized spacial score (nSPS) is 10.4. The Hall–Kier alpha value is -2.37. The number of hydrogen-bond acceptors (Lipinski definition) is 4. The molecule has 2 aromatic carbocycles. The summed E-state index contributed by atoms with van der Waals surface area (Å²) in [6.07, 6.45) is 0. The fourth-order valence-electron chi connectivity index (χ4n) is 2.13. The molecule has 3 rings (SSSR count). The summed E-state index contributed by atoms with van der Waals surface area (Å²) >= 11 is 7.60. The number of aromatic nitrogens is 1. The van der Waals surface area contributed by atoms with E-state index in [1.807, 2.05) is 24.4 Å². The van der Waals surface area contributed by atoms with E-state index in [2.05, 4.69) is 10.3 Å². The predicted molar refractivity (Wildman–Crippen MR) is 97.0 cm³/mol. The lowest BCUT2D eigenvalue weighted by Crippen LogP contribution is -2.13. The Morgan fingerprint density at radius 3 is 2.92 bits per heavy atom. The summed E-state index contributed by atoms with van der Waals surface area (Å²) in [5.41, 5.74) is 4.68. The van der Waals surface area contributed by atoms with E-state index in [0.29, 0.717) is 28.6 Å². The van der Waals surface area contributed by atoms with Gasteiger partial charge in [0.25, 0.3) is 5.91 Å². The standard InChI is InChI=1S/C18H15ClN2O2S/c1-12-16(19)6-3-7-17(12)21-18(22)13-4-2-5-15(8-13)23-9-14-10-24-11-20-14/h2-8,10-11H,9H2,1H3,(H,21,22). The number of nitrogens with zero attached hydrogens (tertiary/aromatic N) is 1. The Morgan fingerprint density at radius 1 is 1.29 bits per heavy atom. The zero-order chi connectivity index (χ0) is 16.9. The number of carbonyl (C=O) groups excluding carboxylic acids is 1. The van der Waals surface area contributed by atoms with Gasteiger partial charge in [-0.15, -0.1) is 11.3 Å². The molecule has 0 unspecified atom stereocenters. The molecule has 4 nitrogen and oxygen atoms in total. The van der Waals surface area contributed by atoms with Crippen LogP contribution < -0.4 is 10.1 Å². The Balaban J connectivity index is 1.71. The van der Waals surface area contributed by atoms with Crippen LogP contribution in [0.25, 0.3) is 0 Å². The first kappa shape index (κ1) is 16.5. The van der Waals surface area contributed by atoms with Gasteiger partial charge in [-0.05, 0) is 42.8 Å². The maximum Gasteiger partial charge on any atom is 0.255 e. The number of ether oxygens (including phenoxy) is 1. The lowest BCUT2D eigenvalue weighted by Gasteiger charge is -2.10. The van der Waals surface area contributed by atoms with Gasteiger partial charge in [0, 0.05) is 21.7 Å². The maximum atomic E-state index is 12.4. The van der Waals surface area contributed by atoms with E-state index in [0.717, 1.165) is 11.3 Å². The maximum absolute atomic E-state index is 12.4. The highest BCUT2D eigenvalue weighted by Crippen LogP contribution is 2.24. The number of halogens is 1. The van der Waals surface area contributed by atoms with E-state index in [1.165, 1.54) is 11.3 Å². The monoisotopic (exact) mass is 358 g/mol.